The van der Waals surface area contributed by atoms with Crippen LogP contribution in [0.3, 0.4) is 0 Å². The third-order valence-electron chi connectivity index (χ3n) is 4.32. The highest BCUT2D eigenvalue weighted by Crippen LogP contribution is 2.41. The number of hydrogen-bond acceptors (Lipinski definition) is 3. The quantitative estimate of drug-likeness (QED) is 0.870. The second kappa shape index (κ2) is 4.69. The zero-order valence-electron chi connectivity index (χ0n) is 11.4. The minimum atomic E-state index is -0.144. The Morgan fingerprint density at radius 3 is 2.29 bits per heavy atom. The molecule has 0 bridgehead atoms. The number of hydrogen-bond donors (Lipinski definition) is 1. The lowest BCUT2D eigenvalue weighted by Gasteiger charge is -2.37. The minimum absolute atomic E-state index is 0.144. The molecule has 0 aromatic carbocycles. The highest BCUT2D eigenvalue weighted by molar-refractivity contribution is 7.11. The number of aromatic nitrogens is 1. The molecule has 96 valence electrons. The van der Waals surface area contributed by atoms with Crippen LogP contribution in [0.1, 0.15) is 55.1 Å². The molecule has 0 radical (unpaired) electrons. The van der Waals surface area contributed by atoms with Crippen molar-refractivity contribution in [2.45, 2.75) is 58.9 Å². The van der Waals surface area contributed by atoms with Gasteiger partial charge in [-0.2, -0.15) is 0 Å². The average molecular weight is 252 g/mol. The zero-order valence-corrected chi connectivity index (χ0v) is 12.2. The van der Waals surface area contributed by atoms with Gasteiger partial charge in [0, 0.05) is 4.88 Å². The molecular weight excluding hydrogens is 228 g/mol. The third kappa shape index (κ3) is 2.55. The van der Waals surface area contributed by atoms with Crippen molar-refractivity contribution >= 4 is 11.3 Å². The van der Waals surface area contributed by atoms with Crippen LogP contribution in [-0.2, 0) is 5.54 Å². The van der Waals surface area contributed by atoms with E-state index in [9.17, 15) is 0 Å². The molecule has 0 spiro atoms. The Morgan fingerprint density at radius 1 is 1.29 bits per heavy atom. The van der Waals surface area contributed by atoms with Crippen LogP contribution in [0, 0.1) is 25.7 Å². The van der Waals surface area contributed by atoms with Gasteiger partial charge in [0.25, 0.3) is 0 Å². The maximum absolute atomic E-state index is 6.57. The second-order valence-corrected chi connectivity index (χ2v) is 7.10. The summed E-state index contributed by atoms with van der Waals surface area (Å²) in [7, 11) is 0. The number of nitrogens with zero attached hydrogens (tertiary/aromatic N) is 1. The molecule has 0 aliphatic heterocycles. The first-order chi connectivity index (χ1) is 7.92. The Morgan fingerprint density at radius 2 is 1.88 bits per heavy atom. The normalized spacial score (nSPS) is 29.9. The van der Waals surface area contributed by atoms with Crippen molar-refractivity contribution in [3.8, 4) is 0 Å². The maximum atomic E-state index is 6.57. The fourth-order valence-electron chi connectivity index (χ4n) is 2.72. The molecule has 2 nitrogen and oxygen atoms in total. The Balaban J connectivity index is 2.11. The van der Waals surface area contributed by atoms with Crippen LogP contribution in [0.25, 0.3) is 0 Å². The van der Waals surface area contributed by atoms with Crippen molar-refractivity contribution < 1.29 is 0 Å². The molecule has 1 saturated carbocycles. The van der Waals surface area contributed by atoms with Gasteiger partial charge in [0.1, 0.15) is 5.01 Å². The molecule has 2 rings (SSSR count). The van der Waals surface area contributed by atoms with Crippen LogP contribution in [0.4, 0.5) is 0 Å². The van der Waals surface area contributed by atoms with Crippen LogP contribution in [0.2, 0.25) is 0 Å². The van der Waals surface area contributed by atoms with Crippen LogP contribution >= 0.6 is 11.3 Å². The number of rotatable bonds is 2. The molecule has 1 aromatic rings. The van der Waals surface area contributed by atoms with Gasteiger partial charge in [0.2, 0.25) is 0 Å². The van der Waals surface area contributed by atoms with Crippen LogP contribution < -0.4 is 5.73 Å². The van der Waals surface area contributed by atoms with Gasteiger partial charge < -0.3 is 5.73 Å². The van der Waals surface area contributed by atoms with E-state index in [0.29, 0.717) is 0 Å². The zero-order chi connectivity index (χ0) is 12.6. The van der Waals surface area contributed by atoms with E-state index in [4.69, 9.17) is 5.73 Å². The van der Waals surface area contributed by atoms with Gasteiger partial charge in [-0.1, -0.05) is 13.8 Å². The predicted molar refractivity (Wildman–Crippen MR) is 74.2 cm³/mol. The first kappa shape index (κ1) is 13.0. The molecule has 1 aromatic heterocycles. The summed E-state index contributed by atoms with van der Waals surface area (Å²) < 4.78 is 0. The van der Waals surface area contributed by atoms with Crippen molar-refractivity contribution in [1.29, 1.82) is 0 Å². The number of aryl methyl sites for hydroxylation is 2. The van der Waals surface area contributed by atoms with E-state index in [2.05, 4.69) is 32.7 Å². The molecule has 1 fully saturated rings. The lowest BCUT2D eigenvalue weighted by atomic mass is 9.73. The van der Waals surface area contributed by atoms with Crippen molar-refractivity contribution in [2.24, 2.45) is 17.6 Å². The van der Waals surface area contributed by atoms with E-state index in [0.717, 1.165) is 35.4 Å². The lowest BCUT2D eigenvalue weighted by Crippen LogP contribution is -2.41. The summed E-state index contributed by atoms with van der Waals surface area (Å²) in [6, 6.07) is 0. The average Bonchev–Trinajstić information content (AvgIpc) is 2.60. The van der Waals surface area contributed by atoms with E-state index < -0.39 is 0 Å². The van der Waals surface area contributed by atoms with Crippen molar-refractivity contribution in [2.75, 3.05) is 0 Å². The summed E-state index contributed by atoms with van der Waals surface area (Å²) in [5, 5.41) is 1.16. The van der Waals surface area contributed by atoms with Gasteiger partial charge in [-0.15, -0.1) is 11.3 Å². The van der Waals surface area contributed by atoms with Crippen LogP contribution in [0.5, 0.6) is 0 Å². The molecule has 0 amide bonds. The fraction of sp³-hybridized carbons (Fsp3) is 0.786. The van der Waals surface area contributed by atoms with Crippen molar-refractivity contribution in [1.82, 2.24) is 4.98 Å². The summed E-state index contributed by atoms with van der Waals surface area (Å²) in [6.45, 7) is 8.87. The highest BCUT2D eigenvalue weighted by Gasteiger charge is 2.36. The Hall–Kier alpha value is -0.410. The molecular formula is C14H24N2S. The monoisotopic (exact) mass is 252 g/mol. The molecule has 1 heterocycles. The van der Waals surface area contributed by atoms with Gasteiger partial charge in [-0.05, 0) is 51.4 Å². The van der Waals surface area contributed by atoms with Gasteiger partial charge in [0.15, 0.2) is 0 Å². The number of nitrogens with two attached hydrogens (primary N) is 1. The van der Waals surface area contributed by atoms with Crippen molar-refractivity contribution in [3.63, 3.8) is 0 Å². The summed E-state index contributed by atoms with van der Waals surface area (Å²) in [5.41, 5.74) is 7.58. The summed E-state index contributed by atoms with van der Waals surface area (Å²) >= 11 is 1.79. The molecule has 1 aliphatic carbocycles. The molecule has 0 saturated heterocycles. The Labute approximate surface area is 109 Å². The van der Waals surface area contributed by atoms with Crippen LogP contribution in [-0.4, -0.2) is 4.98 Å². The summed E-state index contributed by atoms with van der Waals surface area (Å²) in [4.78, 5) is 5.98. The van der Waals surface area contributed by atoms with Gasteiger partial charge in [-0.3, -0.25) is 0 Å². The minimum Gasteiger partial charge on any atom is -0.319 e. The van der Waals surface area contributed by atoms with Crippen molar-refractivity contribution in [3.05, 3.63) is 15.6 Å². The van der Waals surface area contributed by atoms with E-state index in [1.54, 1.807) is 11.3 Å². The van der Waals surface area contributed by atoms with E-state index in [1.165, 1.54) is 17.7 Å². The largest absolute Gasteiger partial charge is 0.319 e. The van der Waals surface area contributed by atoms with E-state index >= 15 is 0 Å². The standard InChI is InChI=1S/C14H24N2S/c1-9(2)12-5-7-14(15,8-6-12)13-16-10(3)11(4)17-13/h9,12H,5-8,15H2,1-4H3. The molecule has 0 atom stereocenters. The number of thiazole rings is 1. The van der Waals surface area contributed by atoms with Gasteiger partial charge in [-0.25, -0.2) is 4.98 Å². The predicted octanol–water partition coefficient (Wildman–Crippen LogP) is 3.76. The second-order valence-electron chi connectivity index (χ2n) is 5.90. The molecule has 17 heavy (non-hydrogen) atoms. The summed E-state index contributed by atoms with van der Waals surface area (Å²) in [6.07, 6.45) is 4.71. The Bertz CT molecular complexity index is 367. The summed E-state index contributed by atoms with van der Waals surface area (Å²) in [5.74, 6) is 1.65. The first-order valence-electron chi connectivity index (χ1n) is 6.66. The fourth-order valence-corrected chi connectivity index (χ4v) is 3.79. The van der Waals surface area contributed by atoms with E-state index in [-0.39, 0.29) is 5.54 Å². The maximum Gasteiger partial charge on any atom is 0.113 e. The Kier molecular flexibility index (Phi) is 3.60. The molecule has 3 heteroatoms. The molecule has 0 unspecified atom stereocenters. The smallest absolute Gasteiger partial charge is 0.113 e. The van der Waals surface area contributed by atoms with Gasteiger partial charge >= 0.3 is 0 Å². The lowest BCUT2D eigenvalue weighted by molar-refractivity contribution is 0.195. The first-order valence-corrected chi connectivity index (χ1v) is 7.47. The van der Waals surface area contributed by atoms with E-state index in [1.807, 2.05) is 0 Å². The van der Waals surface area contributed by atoms with Gasteiger partial charge in [0.05, 0.1) is 11.2 Å². The molecule has 1 aliphatic rings. The third-order valence-corrected chi connectivity index (χ3v) is 5.61. The molecule has 2 N–H and O–H groups in total. The highest BCUT2D eigenvalue weighted by atomic mass is 32.1. The van der Waals surface area contributed by atoms with Crippen LogP contribution in [0.15, 0.2) is 0 Å². The SMILES string of the molecule is Cc1nc(C2(N)CCC(C(C)C)CC2)sc1C. The topological polar surface area (TPSA) is 38.9 Å².